The van der Waals surface area contributed by atoms with Gasteiger partial charge in [-0.25, -0.2) is 0 Å². The average Bonchev–Trinajstić information content (AvgIpc) is 1.21. The van der Waals surface area contributed by atoms with Gasteiger partial charge in [-0.2, -0.15) is 0 Å². The number of carbonyl (C=O) groups excluding carboxylic acids is 1. The van der Waals surface area contributed by atoms with E-state index in [0.29, 0.717) is 0 Å². The molecule has 0 saturated carbocycles. The zero-order valence-corrected chi connectivity index (χ0v) is 5.74. The Morgan fingerprint density at radius 2 is 2.12 bits per heavy atom. The second-order valence-corrected chi connectivity index (χ2v) is 3.86. The highest BCUT2D eigenvalue weighted by Crippen LogP contribution is 1.75. The van der Waals surface area contributed by atoms with E-state index in [4.69, 9.17) is 5.14 Å². The monoisotopic (exact) mass is 138 g/mol. The number of nitrogens with two attached hydrogens (primary N) is 1. The summed E-state index contributed by atoms with van der Waals surface area (Å²) >= 11 is 0. The zero-order chi connectivity index (χ0) is 6.78. The molecule has 4 nitrogen and oxygen atoms in total. The van der Waals surface area contributed by atoms with E-state index < -0.39 is 10.3 Å². The molecule has 5 heteroatoms. The van der Waals surface area contributed by atoms with Crippen molar-refractivity contribution < 1.29 is 9.00 Å². The van der Waals surface area contributed by atoms with Gasteiger partial charge in [-0.1, -0.05) is 0 Å². The van der Waals surface area contributed by atoms with E-state index >= 15 is 0 Å². The molecule has 0 aromatic heterocycles. The molecule has 0 fully saturated rings. The third kappa shape index (κ3) is 5.58. The van der Waals surface area contributed by atoms with Crippen molar-refractivity contribution in [1.82, 2.24) is 4.72 Å². The number of rotatable bonds is 1. The first-order valence-corrected chi connectivity index (χ1v) is 4.29. The van der Waals surface area contributed by atoms with Crippen molar-refractivity contribution in [2.45, 2.75) is 6.92 Å². The van der Waals surface area contributed by atoms with E-state index in [0.717, 1.165) is 0 Å². The van der Waals surface area contributed by atoms with E-state index in [1.165, 1.54) is 13.2 Å². The van der Waals surface area contributed by atoms with E-state index in [1.54, 1.807) is 0 Å². The molecule has 0 unspecified atom stereocenters. The standard InChI is InChI=1S/C3H10N2O2S/c1-3(6)5-8(2,4)7/h8H,1-2H3,(H3,4,5,6,7). The maximum Gasteiger partial charge on any atom is 0.227 e. The summed E-state index contributed by atoms with van der Waals surface area (Å²) in [5.41, 5.74) is 0. The fourth-order valence-corrected chi connectivity index (χ4v) is 0.938. The minimum Gasteiger partial charge on any atom is -0.287 e. The summed E-state index contributed by atoms with van der Waals surface area (Å²) < 4.78 is 12.5. The smallest absolute Gasteiger partial charge is 0.227 e. The van der Waals surface area contributed by atoms with Gasteiger partial charge in [0.25, 0.3) is 0 Å². The SMILES string of the molecule is CC(=O)N[SH](C)(N)=O. The number of carbonyl (C=O) groups is 1. The maximum absolute atomic E-state index is 10.5. The van der Waals surface area contributed by atoms with Gasteiger partial charge in [0, 0.05) is 23.5 Å². The van der Waals surface area contributed by atoms with Crippen molar-refractivity contribution >= 4 is 16.2 Å². The number of hydrogen-bond acceptors (Lipinski definition) is 2. The Hall–Kier alpha value is -0.420. The van der Waals surface area contributed by atoms with Crippen LogP contribution in [0.5, 0.6) is 0 Å². The van der Waals surface area contributed by atoms with Crippen LogP contribution in [-0.4, -0.2) is 16.4 Å². The summed E-state index contributed by atoms with van der Waals surface area (Å²) in [6.07, 6.45) is 1.29. The normalized spacial score (nSPS) is 12.9. The van der Waals surface area contributed by atoms with Crippen molar-refractivity contribution in [2.24, 2.45) is 5.14 Å². The van der Waals surface area contributed by atoms with Crippen LogP contribution in [0.25, 0.3) is 0 Å². The van der Waals surface area contributed by atoms with Crippen LogP contribution in [0.1, 0.15) is 6.92 Å². The lowest BCUT2D eigenvalue weighted by atomic mass is 10.8. The van der Waals surface area contributed by atoms with E-state index in [-0.39, 0.29) is 5.91 Å². The minimum atomic E-state index is -2.82. The quantitative estimate of drug-likeness (QED) is 0.388. The van der Waals surface area contributed by atoms with Gasteiger partial charge in [-0.05, 0) is 0 Å². The molecule has 0 aliphatic rings. The molecule has 0 aromatic rings. The molecule has 8 heavy (non-hydrogen) atoms. The average molecular weight is 138 g/mol. The van der Waals surface area contributed by atoms with Crippen LogP contribution in [0.4, 0.5) is 0 Å². The van der Waals surface area contributed by atoms with Gasteiger partial charge < -0.3 is 0 Å². The number of hydrogen-bond donors (Lipinski definition) is 3. The fraction of sp³-hybridized carbons (Fsp3) is 0.667. The lowest BCUT2D eigenvalue weighted by Crippen LogP contribution is -2.40. The van der Waals surface area contributed by atoms with Gasteiger partial charge in [-0.15, -0.1) is 0 Å². The van der Waals surface area contributed by atoms with Crippen LogP contribution in [0.3, 0.4) is 0 Å². The Labute approximate surface area is 49.1 Å². The summed E-state index contributed by atoms with van der Waals surface area (Å²) in [6, 6.07) is 0. The molecule has 0 atom stereocenters. The van der Waals surface area contributed by atoms with Gasteiger partial charge >= 0.3 is 0 Å². The Bertz CT molecular complexity index is 138. The highest BCUT2D eigenvalue weighted by Gasteiger charge is 1.98. The van der Waals surface area contributed by atoms with E-state index in [9.17, 15) is 9.00 Å². The van der Waals surface area contributed by atoms with Gasteiger partial charge in [0.1, 0.15) is 0 Å². The van der Waals surface area contributed by atoms with Gasteiger partial charge in [0.2, 0.25) is 5.91 Å². The van der Waals surface area contributed by atoms with Crippen LogP contribution in [0.2, 0.25) is 0 Å². The maximum atomic E-state index is 10.5. The molecule has 0 aliphatic carbocycles. The first-order valence-electron chi connectivity index (χ1n) is 2.07. The Morgan fingerprint density at radius 3 is 2.12 bits per heavy atom. The zero-order valence-electron chi connectivity index (χ0n) is 4.84. The Balaban J connectivity index is 3.74. The van der Waals surface area contributed by atoms with Gasteiger partial charge in [0.15, 0.2) is 0 Å². The van der Waals surface area contributed by atoms with Crippen LogP contribution in [0, 0.1) is 0 Å². The molecule has 0 radical (unpaired) electrons. The molecule has 1 amide bonds. The van der Waals surface area contributed by atoms with Crippen molar-refractivity contribution in [3.05, 3.63) is 0 Å². The molecule has 0 aliphatic heterocycles. The van der Waals surface area contributed by atoms with Crippen molar-refractivity contribution in [2.75, 3.05) is 6.26 Å². The Morgan fingerprint density at radius 1 is 1.75 bits per heavy atom. The molecule has 0 rings (SSSR count). The predicted molar refractivity (Wildman–Crippen MR) is 33.5 cm³/mol. The molecule has 0 bridgehead atoms. The number of thiol groups is 1. The largest absolute Gasteiger partial charge is 0.287 e. The van der Waals surface area contributed by atoms with Crippen molar-refractivity contribution in [3.8, 4) is 0 Å². The summed E-state index contributed by atoms with van der Waals surface area (Å²) in [4.78, 5) is 10.1. The van der Waals surface area contributed by atoms with Crippen LogP contribution >= 0.6 is 0 Å². The van der Waals surface area contributed by atoms with Crippen molar-refractivity contribution in [1.29, 1.82) is 0 Å². The minimum absolute atomic E-state index is 0.363. The predicted octanol–water partition coefficient (Wildman–Crippen LogP) is -1.44. The molecule has 0 spiro atoms. The summed E-state index contributed by atoms with van der Waals surface area (Å²) in [6.45, 7) is 1.27. The molecule has 3 N–H and O–H groups in total. The molecular weight excluding hydrogens is 128 g/mol. The second kappa shape index (κ2) is 2.23. The molecule has 50 valence electrons. The van der Waals surface area contributed by atoms with Crippen LogP contribution in [-0.2, 0) is 15.1 Å². The lowest BCUT2D eigenvalue weighted by Gasteiger charge is -2.11. The van der Waals surface area contributed by atoms with E-state index in [1.807, 2.05) is 0 Å². The summed E-state index contributed by atoms with van der Waals surface area (Å²) in [5, 5.41) is 4.96. The summed E-state index contributed by atoms with van der Waals surface area (Å²) in [5.74, 6) is -0.363. The fourth-order valence-electron chi connectivity index (χ4n) is 0.313. The highest BCUT2D eigenvalue weighted by molar-refractivity contribution is 7.98. The number of amides is 1. The third-order valence-corrected chi connectivity index (χ3v) is 1.14. The van der Waals surface area contributed by atoms with E-state index in [2.05, 4.69) is 4.72 Å². The highest BCUT2D eigenvalue weighted by atomic mass is 32.3. The molecule has 0 heterocycles. The number of nitrogens with one attached hydrogen (secondary N) is 1. The Kier molecular flexibility index (Phi) is 2.12. The second-order valence-electron chi connectivity index (χ2n) is 1.66. The summed E-state index contributed by atoms with van der Waals surface area (Å²) in [7, 11) is -2.82. The van der Waals surface area contributed by atoms with Crippen molar-refractivity contribution in [3.63, 3.8) is 0 Å². The lowest BCUT2D eigenvalue weighted by molar-refractivity contribution is -0.117. The van der Waals surface area contributed by atoms with Gasteiger partial charge in [-0.3, -0.25) is 18.9 Å². The van der Waals surface area contributed by atoms with Crippen LogP contribution in [0.15, 0.2) is 0 Å². The van der Waals surface area contributed by atoms with Gasteiger partial charge in [0.05, 0.1) is 0 Å². The van der Waals surface area contributed by atoms with Crippen LogP contribution < -0.4 is 9.86 Å². The third-order valence-electron chi connectivity index (χ3n) is 0.379. The molecule has 0 aromatic carbocycles. The first-order chi connectivity index (χ1) is 3.42. The first kappa shape index (κ1) is 7.58. The molecule has 0 saturated heterocycles. The topological polar surface area (TPSA) is 72.2 Å². The molecular formula is C3H10N2O2S.